The molecule has 0 aliphatic heterocycles. The summed E-state index contributed by atoms with van der Waals surface area (Å²) in [6.45, 7) is 1.83. The van der Waals surface area contributed by atoms with Crippen LogP contribution in [0.15, 0.2) is 71.8 Å². The Kier molecular flexibility index (Phi) is 9.52. The van der Waals surface area contributed by atoms with Crippen molar-refractivity contribution >= 4 is 41.2 Å². The molecule has 3 rings (SSSR count). The summed E-state index contributed by atoms with van der Waals surface area (Å²) in [5.41, 5.74) is 4.70. The number of carbonyl (C=O) groups excluding carboxylic acids is 2. The van der Waals surface area contributed by atoms with Crippen LogP contribution in [0.4, 0.5) is 0 Å². The fraction of sp³-hybridized carbons (Fsp3) is 0.192. The molecule has 2 N–H and O–H groups in total. The van der Waals surface area contributed by atoms with Gasteiger partial charge in [-0.3, -0.25) is 9.59 Å². The lowest BCUT2D eigenvalue weighted by molar-refractivity contribution is -0.128. The normalized spacial score (nSPS) is 11.7. The molecule has 9 heteroatoms. The van der Waals surface area contributed by atoms with Crippen LogP contribution in [-0.2, 0) is 22.6 Å². The second-order valence-electron chi connectivity index (χ2n) is 7.61. The molecule has 0 aliphatic carbocycles. The standard InChI is InChI=1S/C26H25Cl2N3O4/c1-17(30-25(32)13-18-7-11-22(34-2)12-8-18)26(33)31-29-15-19-5-3-4-6-24(19)35-16-20-9-10-21(27)14-23(20)28/h3-12,14-15,17H,13,16H2,1-2H3,(H,30,32)(H,31,33). The van der Waals surface area contributed by atoms with Gasteiger partial charge in [0.05, 0.1) is 19.7 Å². The van der Waals surface area contributed by atoms with E-state index in [9.17, 15) is 9.59 Å². The number of hydrazone groups is 1. The van der Waals surface area contributed by atoms with E-state index in [0.29, 0.717) is 27.1 Å². The topological polar surface area (TPSA) is 89.0 Å². The average molecular weight is 514 g/mol. The van der Waals surface area contributed by atoms with Crippen molar-refractivity contribution in [2.24, 2.45) is 5.10 Å². The number of carbonyl (C=O) groups is 2. The maximum atomic E-state index is 12.4. The Labute approximate surface area is 214 Å². The van der Waals surface area contributed by atoms with Crippen LogP contribution in [0.25, 0.3) is 0 Å². The van der Waals surface area contributed by atoms with Crippen LogP contribution in [0.1, 0.15) is 23.6 Å². The summed E-state index contributed by atoms with van der Waals surface area (Å²) in [5.74, 6) is 0.551. The summed E-state index contributed by atoms with van der Waals surface area (Å²) in [4.78, 5) is 24.6. The van der Waals surface area contributed by atoms with Crippen LogP contribution in [-0.4, -0.2) is 31.2 Å². The molecule has 0 saturated carbocycles. The molecular formula is C26H25Cl2N3O4. The number of halogens is 2. The highest BCUT2D eigenvalue weighted by Crippen LogP contribution is 2.24. The first-order valence-electron chi connectivity index (χ1n) is 10.8. The molecule has 0 saturated heterocycles. The third kappa shape index (κ3) is 8.02. The molecule has 7 nitrogen and oxygen atoms in total. The average Bonchev–Trinajstić information content (AvgIpc) is 2.84. The van der Waals surface area contributed by atoms with Crippen molar-refractivity contribution in [1.82, 2.24) is 10.7 Å². The van der Waals surface area contributed by atoms with E-state index in [-0.39, 0.29) is 18.9 Å². The Balaban J connectivity index is 1.51. The Morgan fingerprint density at radius 1 is 1.06 bits per heavy atom. The maximum absolute atomic E-state index is 12.4. The first-order chi connectivity index (χ1) is 16.9. The third-order valence-corrected chi connectivity index (χ3v) is 5.58. The molecule has 0 radical (unpaired) electrons. The van der Waals surface area contributed by atoms with Gasteiger partial charge < -0.3 is 14.8 Å². The van der Waals surface area contributed by atoms with Crippen LogP contribution in [0, 0.1) is 0 Å². The minimum Gasteiger partial charge on any atom is -0.497 e. The number of nitrogens with one attached hydrogen (secondary N) is 2. The molecule has 182 valence electrons. The lowest BCUT2D eigenvalue weighted by Gasteiger charge is -2.13. The van der Waals surface area contributed by atoms with Gasteiger partial charge in [-0.15, -0.1) is 0 Å². The monoisotopic (exact) mass is 513 g/mol. The number of para-hydroxylation sites is 1. The van der Waals surface area contributed by atoms with Crippen molar-refractivity contribution in [3.8, 4) is 11.5 Å². The summed E-state index contributed by atoms with van der Waals surface area (Å²) >= 11 is 12.1. The molecule has 35 heavy (non-hydrogen) atoms. The van der Waals surface area contributed by atoms with E-state index in [4.69, 9.17) is 32.7 Å². The SMILES string of the molecule is COc1ccc(CC(=O)NC(C)C(=O)NN=Cc2ccccc2OCc2ccc(Cl)cc2Cl)cc1. The van der Waals surface area contributed by atoms with Crippen molar-refractivity contribution in [2.75, 3.05) is 7.11 Å². The fourth-order valence-corrected chi connectivity index (χ4v) is 3.53. The van der Waals surface area contributed by atoms with Crippen LogP contribution in [0.5, 0.6) is 11.5 Å². The molecule has 1 unspecified atom stereocenters. The van der Waals surface area contributed by atoms with E-state index in [1.54, 1.807) is 68.6 Å². The van der Waals surface area contributed by atoms with E-state index < -0.39 is 11.9 Å². The molecule has 0 aromatic heterocycles. The predicted molar refractivity (Wildman–Crippen MR) is 137 cm³/mol. The van der Waals surface area contributed by atoms with Crippen LogP contribution < -0.4 is 20.2 Å². The van der Waals surface area contributed by atoms with E-state index >= 15 is 0 Å². The Morgan fingerprint density at radius 3 is 2.51 bits per heavy atom. The molecular weight excluding hydrogens is 489 g/mol. The van der Waals surface area contributed by atoms with Gasteiger partial charge in [0.1, 0.15) is 24.1 Å². The molecule has 2 amide bonds. The molecule has 0 heterocycles. The summed E-state index contributed by atoms with van der Waals surface area (Å²) in [6.07, 6.45) is 1.62. The quantitative estimate of drug-likeness (QED) is 0.301. The predicted octanol–water partition coefficient (Wildman–Crippen LogP) is 4.78. The smallest absolute Gasteiger partial charge is 0.262 e. The summed E-state index contributed by atoms with van der Waals surface area (Å²) in [6, 6.07) is 18.8. The third-order valence-electron chi connectivity index (χ3n) is 4.99. The summed E-state index contributed by atoms with van der Waals surface area (Å²) in [5, 5.41) is 7.73. The molecule has 0 fully saturated rings. The first-order valence-corrected chi connectivity index (χ1v) is 11.5. The Bertz CT molecular complexity index is 1200. The van der Waals surface area contributed by atoms with Gasteiger partial charge in [0.15, 0.2) is 0 Å². The van der Waals surface area contributed by atoms with Crippen molar-refractivity contribution in [2.45, 2.75) is 26.0 Å². The van der Waals surface area contributed by atoms with Crippen LogP contribution in [0.3, 0.4) is 0 Å². The largest absolute Gasteiger partial charge is 0.497 e. The zero-order valence-corrected chi connectivity index (χ0v) is 20.8. The number of benzene rings is 3. The minimum atomic E-state index is -0.767. The second kappa shape index (κ2) is 12.8. The number of ether oxygens (including phenoxy) is 2. The Morgan fingerprint density at radius 2 is 1.80 bits per heavy atom. The molecule has 0 spiro atoms. The highest BCUT2D eigenvalue weighted by atomic mass is 35.5. The van der Waals surface area contributed by atoms with E-state index in [1.165, 1.54) is 6.21 Å². The number of hydrogen-bond donors (Lipinski definition) is 2. The van der Waals surface area contributed by atoms with E-state index in [2.05, 4.69) is 15.8 Å². The number of nitrogens with zero attached hydrogens (tertiary/aromatic N) is 1. The second-order valence-corrected chi connectivity index (χ2v) is 8.45. The lowest BCUT2D eigenvalue weighted by Crippen LogP contribution is -2.43. The first kappa shape index (κ1) is 26.1. The van der Waals surface area contributed by atoms with Gasteiger partial charge in [0, 0.05) is 21.2 Å². The molecule has 0 bridgehead atoms. The van der Waals surface area contributed by atoms with Crippen molar-refractivity contribution < 1.29 is 19.1 Å². The van der Waals surface area contributed by atoms with Gasteiger partial charge in [0.2, 0.25) is 5.91 Å². The Hall–Kier alpha value is -3.55. The van der Waals surface area contributed by atoms with Gasteiger partial charge in [-0.25, -0.2) is 5.43 Å². The number of hydrogen-bond acceptors (Lipinski definition) is 5. The van der Waals surface area contributed by atoms with E-state index in [0.717, 1.165) is 11.1 Å². The molecule has 3 aromatic carbocycles. The van der Waals surface area contributed by atoms with Gasteiger partial charge in [0.25, 0.3) is 5.91 Å². The summed E-state index contributed by atoms with van der Waals surface area (Å²) < 4.78 is 11.0. The number of rotatable bonds is 10. The van der Waals surface area contributed by atoms with Gasteiger partial charge in [-0.2, -0.15) is 5.10 Å². The van der Waals surface area contributed by atoms with Crippen LogP contribution in [0.2, 0.25) is 10.0 Å². The molecule has 3 aromatic rings. The number of amides is 2. The molecule has 1 atom stereocenters. The van der Waals surface area contributed by atoms with E-state index in [1.807, 2.05) is 12.1 Å². The van der Waals surface area contributed by atoms with Gasteiger partial charge >= 0.3 is 0 Å². The number of methoxy groups -OCH3 is 1. The maximum Gasteiger partial charge on any atom is 0.262 e. The van der Waals surface area contributed by atoms with Crippen molar-refractivity contribution in [3.05, 3.63) is 93.5 Å². The zero-order chi connectivity index (χ0) is 25.2. The molecule has 0 aliphatic rings. The highest BCUT2D eigenvalue weighted by molar-refractivity contribution is 6.35. The lowest BCUT2D eigenvalue weighted by atomic mass is 10.1. The van der Waals surface area contributed by atoms with Crippen molar-refractivity contribution in [1.29, 1.82) is 0 Å². The van der Waals surface area contributed by atoms with Crippen molar-refractivity contribution in [3.63, 3.8) is 0 Å². The highest BCUT2D eigenvalue weighted by Gasteiger charge is 2.15. The van der Waals surface area contributed by atoms with Gasteiger partial charge in [-0.1, -0.05) is 53.5 Å². The minimum absolute atomic E-state index is 0.146. The van der Waals surface area contributed by atoms with Crippen LogP contribution >= 0.6 is 23.2 Å². The summed E-state index contributed by atoms with van der Waals surface area (Å²) in [7, 11) is 1.58. The zero-order valence-electron chi connectivity index (χ0n) is 19.3. The fourth-order valence-electron chi connectivity index (χ4n) is 3.06. The van der Waals surface area contributed by atoms with Gasteiger partial charge in [-0.05, 0) is 48.9 Å².